The molecule has 0 spiro atoms. The average Bonchev–Trinajstić information content (AvgIpc) is 2.94. The Morgan fingerprint density at radius 3 is 2.68 bits per heavy atom. The molecule has 3 rings (SSSR count). The summed E-state index contributed by atoms with van der Waals surface area (Å²) in [7, 11) is 1.60. The third-order valence-electron chi connectivity index (χ3n) is 3.31. The Labute approximate surface area is 137 Å². The molecule has 1 aromatic heterocycles. The Hall–Kier alpha value is -2.17. The van der Waals surface area contributed by atoms with Crippen LogP contribution >= 0.6 is 23.2 Å². The first-order valence-corrected chi connectivity index (χ1v) is 7.25. The Kier molecular flexibility index (Phi) is 3.96. The second-order valence-corrected chi connectivity index (χ2v) is 5.51. The van der Waals surface area contributed by atoms with Crippen molar-refractivity contribution in [2.24, 2.45) is 0 Å². The number of aromatic amines is 1. The number of halogens is 2. The summed E-state index contributed by atoms with van der Waals surface area (Å²) in [5, 5.41) is 4.45. The molecule has 6 heteroatoms. The smallest absolute Gasteiger partial charge is 0.257 e. The van der Waals surface area contributed by atoms with Crippen molar-refractivity contribution in [3.63, 3.8) is 0 Å². The monoisotopic (exact) mass is 334 g/mol. The number of methoxy groups -OCH3 is 1. The van der Waals surface area contributed by atoms with Gasteiger partial charge >= 0.3 is 0 Å². The SMILES string of the molecule is COc1ccc2c(C(=O)Nc3ccc(Cl)c(Cl)c3)c[nH]c2c1. The lowest BCUT2D eigenvalue weighted by atomic mass is 10.1. The second-order valence-electron chi connectivity index (χ2n) is 4.70. The van der Waals surface area contributed by atoms with Gasteiger partial charge < -0.3 is 15.0 Å². The number of rotatable bonds is 3. The van der Waals surface area contributed by atoms with Crippen LogP contribution in [-0.4, -0.2) is 18.0 Å². The van der Waals surface area contributed by atoms with E-state index < -0.39 is 0 Å². The van der Waals surface area contributed by atoms with Gasteiger partial charge in [-0.25, -0.2) is 0 Å². The van der Waals surface area contributed by atoms with Crippen LogP contribution in [-0.2, 0) is 0 Å². The number of carbonyl (C=O) groups excluding carboxylic acids is 1. The van der Waals surface area contributed by atoms with E-state index in [1.54, 1.807) is 31.5 Å². The Balaban J connectivity index is 1.90. The number of fused-ring (bicyclic) bond motifs is 1. The minimum Gasteiger partial charge on any atom is -0.497 e. The van der Waals surface area contributed by atoms with Crippen LogP contribution in [0, 0.1) is 0 Å². The van der Waals surface area contributed by atoms with Crippen LogP contribution in [0.4, 0.5) is 5.69 Å². The van der Waals surface area contributed by atoms with E-state index in [0.29, 0.717) is 21.3 Å². The molecule has 0 bridgehead atoms. The second kappa shape index (κ2) is 5.91. The van der Waals surface area contributed by atoms with Gasteiger partial charge in [-0.2, -0.15) is 0 Å². The minimum atomic E-state index is -0.227. The van der Waals surface area contributed by atoms with Crippen LogP contribution in [0.15, 0.2) is 42.6 Å². The molecule has 2 N–H and O–H groups in total. The molecule has 0 radical (unpaired) electrons. The zero-order valence-corrected chi connectivity index (χ0v) is 13.1. The van der Waals surface area contributed by atoms with E-state index in [0.717, 1.165) is 16.7 Å². The van der Waals surface area contributed by atoms with Crippen LogP contribution in [0.1, 0.15) is 10.4 Å². The van der Waals surface area contributed by atoms with Crippen LogP contribution in [0.5, 0.6) is 5.75 Å². The number of carbonyl (C=O) groups is 1. The predicted octanol–water partition coefficient (Wildman–Crippen LogP) is 4.74. The lowest BCUT2D eigenvalue weighted by Crippen LogP contribution is -2.11. The zero-order chi connectivity index (χ0) is 15.7. The summed E-state index contributed by atoms with van der Waals surface area (Å²) in [4.78, 5) is 15.5. The molecule has 4 nitrogen and oxygen atoms in total. The Bertz CT molecular complexity index is 858. The number of H-pyrrole nitrogens is 1. The molecular formula is C16H12Cl2N2O2. The number of benzene rings is 2. The highest BCUT2D eigenvalue weighted by Crippen LogP contribution is 2.27. The number of hydrogen-bond acceptors (Lipinski definition) is 2. The van der Waals surface area contributed by atoms with Gasteiger partial charge in [0.25, 0.3) is 5.91 Å². The van der Waals surface area contributed by atoms with Crippen molar-refractivity contribution in [3.8, 4) is 5.75 Å². The fourth-order valence-corrected chi connectivity index (χ4v) is 2.49. The third kappa shape index (κ3) is 2.75. The largest absolute Gasteiger partial charge is 0.497 e. The normalized spacial score (nSPS) is 10.7. The first kappa shape index (κ1) is 14.8. The molecule has 0 fully saturated rings. The number of amides is 1. The molecule has 0 saturated carbocycles. The quantitative estimate of drug-likeness (QED) is 0.727. The van der Waals surface area contributed by atoms with Gasteiger partial charge in [0.2, 0.25) is 0 Å². The first-order valence-electron chi connectivity index (χ1n) is 6.50. The standard InChI is InChI=1S/C16H12Cl2N2O2/c1-22-10-3-4-11-12(8-19-15(11)7-10)16(21)20-9-2-5-13(17)14(18)6-9/h2-8,19H,1H3,(H,20,21). The topological polar surface area (TPSA) is 54.1 Å². The molecule has 2 aromatic carbocycles. The molecule has 0 unspecified atom stereocenters. The van der Waals surface area contributed by atoms with E-state index in [9.17, 15) is 4.79 Å². The van der Waals surface area contributed by atoms with E-state index in [2.05, 4.69) is 10.3 Å². The summed E-state index contributed by atoms with van der Waals surface area (Å²) in [5.41, 5.74) is 1.96. The minimum absolute atomic E-state index is 0.227. The molecule has 0 aliphatic carbocycles. The summed E-state index contributed by atoms with van der Waals surface area (Å²) in [6, 6.07) is 10.4. The van der Waals surface area contributed by atoms with Crippen molar-refractivity contribution in [2.75, 3.05) is 12.4 Å². The van der Waals surface area contributed by atoms with E-state index in [4.69, 9.17) is 27.9 Å². The van der Waals surface area contributed by atoms with E-state index in [1.165, 1.54) is 0 Å². The lowest BCUT2D eigenvalue weighted by molar-refractivity contribution is 0.102. The van der Waals surface area contributed by atoms with Gasteiger partial charge in [-0.1, -0.05) is 23.2 Å². The Morgan fingerprint density at radius 2 is 1.95 bits per heavy atom. The molecule has 112 valence electrons. The van der Waals surface area contributed by atoms with Gasteiger partial charge in [0.15, 0.2) is 0 Å². The number of hydrogen-bond donors (Lipinski definition) is 2. The molecule has 0 atom stereocenters. The molecule has 0 aliphatic heterocycles. The van der Waals surface area contributed by atoms with Crippen molar-refractivity contribution in [1.29, 1.82) is 0 Å². The molecule has 3 aromatic rings. The van der Waals surface area contributed by atoms with Crippen molar-refractivity contribution >= 4 is 45.7 Å². The fourth-order valence-electron chi connectivity index (χ4n) is 2.19. The summed E-state index contributed by atoms with van der Waals surface area (Å²) in [5.74, 6) is 0.501. The highest BCUT2D eigenvalue weighted by molar-refractivity contribution is 6.42. The summed E-state index contributed by atoms with van der Waals surface area (Å²) >= 11 is 11.8. The van der Waals surface area contributed by atoms with Crippen LogP contribution in [0.25, 0.3) is 10.9 Å². The number of aromatic nitrogens is 1. The zero-order valence-electron chi connectivity index (χ0n) is 11.6. The lowest BCUT2D eigenvalue weighted by Gasteiger charge is -2.06. The maximum Gasteiger partial charge on any atom is 0.257 e. The maximum absolute atomic E-state index is 12.4. The van der Waals surface area contributed by atoms with Gasteiger partial charge in [0.1, 0.15) is 5.75 Å². The molecule has 0 saturated heterocycles. The third-order valence-corrected chi connectivity index (χ3v) is 4.05. The van der Waals surface area contributed by atoms with Crippen molar-refractivity contribution in [1.82, 2.24) is 4.98 Å². The highest BCUT2D eigenvalue weighted by atomic mass is 35.5. The fraction of sp³-hybridized carbons (Fsp3) is 0.0625. The number of ether oxygens (including phenoxy) is 1. The van der Waals surface area contributed by atoms with Crippen molar-refractivity contribution < 1.29 is 9.53 Å². The van der Waals surface area contributed by atoms with Gasteiger partial charge in [0, 0.05) is 28.9 Å². The van der Waals surface area contributed by atoms with E-state index in [1.807, 2.05) is 18.2 Å². The van der Waals surface area contributed by atoms with Crippen LogP contribution in [0.3, 0.4) is 0 Å². The van der Waals surface area contributed by atoms with Crippen LogP contribution < -0.4 is 10.1 Å². The highest BCUT2D eigenvalue weighted by Gasteiger charge is 2.13. The molecule has 1 amide bonds. The van der Waals surface area contributed by atoms with Gasteiger partial charge in [-0.3, -0.25) is 4.79 Å². The van der Waals surface area contributed by atoms with Gasteiger partial charge in [0.05, 0.1) is 22.7 Å². The summed E-state index contributed by atoms with van der Waals surface area (Å²) in [6.07, 6.45) is 1.66. The molecule has 22 heavy (non-hydrogen) atoms. The van der Waals surface area contributed by atoms with Crippen molar-refractivity contribution in [2.45, 2.75) is 0 Å². The van der Waals surface area contributed by atoms with Crippen molar-refractivity contribution in [3.05, 3.63) is 58.2 Å². The Morgan fingerprint density at radius 1 is 1.14 bits per heavy atom. The number of anilines is 1. The van der Waals surface area contributed by atoms with Crippen LogP contribution in [0.2, 0.25) is 10.0 Å². The summed E-state index contributed by atoms with van der Waals surface area (Å²) in [6.45, 7) is 0. The molecule has 0 aliphatic rings. The molecular weight excluding hydrogens is 323 g/mol. The average molecular weight is 335 g/mol. The molecule has 1 heterocycles. The van der Waals surface area contributed by atoms with Gasteiger partial charge in [-0.05, 0) is 30.3 Å². The first-order chi connectivity index (χ1) is 10.6. The van der Waals surface area contributed by atoms with Gasteiger partial charge in [-0.15, -0.1) is 0 Å². The summed E-state index contributed by atoms with van der Waals surface area (Å²) < 4.78 is 5.16. The van der Waals surface area contributed by atoms with E-state index in [-0.39, 0.29) is 5.91 Å². The predicted molar refractivity (Wildman–Crippen MR) is 89.3 cm³/mol. The van der Waals surface area contributed by atoms with E-state index >= 15 is 0 Å². The number of nitrogens with one attached hydrogen (secondary N) is 2. The maximum atomic E-state index is 12.4.